The van der Waals surface area contributed by atoms with Gasteiger partial charge in [-0.2, -0.15) is 0 Å². The van der Waals surface area contributed by atoms with Crippen LogP contribution in [0.5, 0.6) is 0 Å². The molecule has 0 radical (unpaired) electrons. The lowest BCUT2D eigenvalue weighted by molar-refractivity contribution is -0.115. The fourth-order valence-electron chi connectivity index (χ4n) is 1.53. The Balaban J connectivity index is 2.08. The topological polar surface area (TPSA) is 80.9 Å². The second kappa shape index (κ2) is 6.98. The van der Waals surface area contributed by atoms with Crippen molar-refractivity contribution in [3.8, 4) is 0 Å². The molecule has 1 heterocycles. The lowest BCUT2D eigenvalue weighted by Crippen LogP contribution is -2.23. The summed E-state index contributed by atoms with van der Waals surface area (Å²) in [4.78, 5) is 20.2. The van der Waals surface area contributed by atoms with E-state index in [1.165, 1.54) is 23.9 Å². The fourth-order valence-corrected chi connectivity index (χ4v) is 2.86. The van der Waals surface area contributed by atoms with Crippen LogP contribution in [0.4, 0.5) is 11.4 Å². The number of hydrogen-bond donors (Lipinski definition) is 2. The first kappa shape index (κ1) is 15.9. The zero-order chi connectivity index (χ0) is 15.4. The number of benzene rings is 1. The van der Waals surface area contributed by atoms with Crippen LogP contribution >= 0.6 is 35.0 Å². The molecule has 0 aliphatic heterocycles. The number of carbonyl (C=O) groups excluding carboxylic acids is 1. The van der Waals surface area contributed by atoms with E-state index in [1.807, 2.05) is 0 Å². The van der Waals surface area contributed by atoms with Crippen molar-refractivity contribution in [3.05, 3.63) is 40.8 Å². The molecule has 0 aliphatic carbocycles. The van der Waals surface area contributed by atoms with E-state index in [0.717, 1.165) is 0 Å². The van der Waals surface area contributed by atoms with E-state index in [4.69, 9.17) is 28.9 Å². The van der Waals surface area contributed by atoms with Gasteiger partial charge in [-0.1, -0.05) is 35.0 Å². The monoisotopic (exact) mass is 342 g/mol. The molecule has 3 N–H and O–H groups in total. The third kappa shape index (κ3) is 4.23. The predicted molar refractivity (Wildman–Crippen MR) is 86.9 cm³/mol. The molecule has 0 bridgehead atoms. The van der Waals surface area contributed by atoms with Gasteiger partial charge in [0.15, 0.2) is 0 Å². The van der Waals surface area contributed by atoms with Crippen molar-refractivity contribution in [2.24, 2.45) is 0 Å². The molecule has 1 amide bonds. The Bertz CT molecular complexity index is 631. The number of amides is 1. The van der Waals surface area contributed by atoms with E-state index in [0.29, 0.717) is 26.4 Å². The molecular weight excluding hydrogens is 331 g/mol. The zero-order valence-corrected chi connectivity index (χ0v) is 13.3. The van der Waals surface area contributed by atoms with Gasteiger partial charge in [-0.05, 0) is 19.1 Å². The van der Waals surface area contributed by atoms with E-state index in [1.54, 1.807) is 25.5 Å². The standard InChI is InChI=1S/C13H12Cl2N4OS/c1-7(21-11-6-17-2-3-18-11)13(20)19-12-9(15)4-8(14)5-10(12)16/h2-7H,16H2,1H3,(H,19,20). The molecule has 2 rings (SSSR count). The van der Waals surface area contributed by atoms with Gasteiger partial charge in [-0.25, -0.2) is 4.98 Å². The van der Waals surface area contributed by atoms with Gasteiger partial charge in [-0.15, -0.1) is 0 Å². The summed E-state index contributed by atoms with van der Waals surface area (Å²) in [5, 5.41) is 3.69. The van der Waals surface area contributed by atoms with Crippen LogP contribution in [0.3, 0.4) is 0 Å². The van der Waals surface area contributed by atoms with Gasteiger partial charge in [0.25, 0.3) is 0 Å². The Kier molecular flexibility index (Phi) is 5.27. The van der Waals surface area contributed by atoms with Crippen LogP contribution in [0.2, 0.25) is 10.0 Å². The number of halogens is 2. The van der Waals surface area contributed by atoms with Crippen LogP contribution < -0.4 is 11.1 Å². The lowest BCUT2D eigenvalue weighted by Gasteiger charge is -2.14. The highest BCUT2D eigenvalue weighted by atomic mass is 35.5. The number of rotatable bonds is 4. The Morgan fingerprint density at radius 1 is 1.38 bits per heavy atom. The summed E-state index contributed by atoms with van der Waals surface area (Å²) in [5.41, 5.74) is 6.49. The molecule has 0 spiro atoms. The maximum atomic E-state index is 12.2. The molecule has 5 nitrogen and oxygen atoms in total. The summed E-state index contributed by atoms with van der Waals surface area (Å²) >= 11 is 13.2. The predicted octanol–water partition coefficient (Wildman–Crippen LogP) is 3.48. The van der Waals surface area contributed by atoms with Crippen LogP contribution in [-0.2, 0) is 4.79 Å². The van der Waals surface area contributed by atoms with Gasteiger partial charge >= 0.3 is 0 Å². The summed E-state index contributed by atoms with van der Waals surface area (Å²) < 4.78 is 0. The van der Waals surface area contributed by atoms with Crippen molar-refractivity contribution in [1.82, 2.24) is 9.97 Å². The smallest absolute Gasteiger partial charge is 0.237 e. The molecule has 21 heavy (non-hydrogen) atoms. The Morgan fingerprint density at radius 2 is 2.14 bits per heavy atom. The van der Waals surface area contributed by atoms with Crippen LogP contribution in [0, 0.1) is 0 Å². The van der Waals surface area contributed by atoms with E-state index in [9.17, 15) is 4.79 Å². The second-order valence-electron chi connectivity index (χ2n) is 4.14. The quantitative estimate of drug-likeness (QED) is 0.656. The van der Waals surface area contributed by atoms with Crippen LogP contribution in [-0.4, -0.2) is 21.1 Å². The zero-order valence-electron chi connectivity index (χ0n) is 11.0. The first-order valence-corrected chi connectivity index (χ1v) is 7.59. The molecular formula is C13H12Cl2N4OS. The van der Waals surface area contributed by atoms with Gasteiger partial charge in [0.1, 0.15) is 5.03 Å². The molecule has 1 aromatic carbocycles. The summed E-state index contributed by atoms with van der Waals surface area (Å²) in [6.07, 6.45) is 4.74. The number of hydrogen-bond acceptors (Lipinski definition) is 5. The number of nitrogens with one attached hydrogen (secondary N) is 1. The molecule has 0 aliphatic rings. The molecule has 1 unspecified atom stereocenters. The van der Waals surface area contributed by atoms with Gasteiger partial charge in [0, 0.05) is 17.4 Å². The second-order valence-corrected chi connectivity index (χ2v) is 6.35. The summed E-state index contributed by atoms with van der Waals surface area (Å²) in [6, 6.07) is 3.05. The number of anilines is 2. The number of carbonyl (C=O) groups is 1. The third-order valence-corrected chi connectivity index (χ3v) is 4.08. The van der Waals surface area contributed by atoms with E-state index in [-0.39, 0.29) is 11.2 Å². The Hall–Kier alpha value is -1.50. The molecule has 1 aromatic heterocycles. The number of nitrogens with zero attached hydrogens (tertiary/aromatic N) is 2. The highest BCUT2D eigenvalue weighted by Gasteiger charge is 2.18. The average molecular weight is 343 g/mol. The van der Waals surface area contributed by atoms with Crippen LogP contribution in [0.25, 0.3) is 0 Å². The largest absolute Gasteiger partial charge is 0.397 e. The normalized spacial score (nSPS) is 12.0. The minimum Gasteiger partial charge on any atom is -0.397 e. The number of nitrogen functional groups attached to an aromatic ring is 1. The molecule has 8 heteroatoms. The van der Waals surface area contributed by atoms with Gasteiger partial charge in [0.2, 0.25) is 5.91 Å². The van der Waals surface area contributed by atoms with Crippen molar-refractivity contribution in [2.45, 2.75) is 17.2 Å². The number of thioether (sulfide) groups is 1. The van der Waals surface area contributed by atoms with E-state index < -0.39 is 0 Å². The summed E-state index contributed by atoms with van der Waals surface area (Å²) in [6.45, 7) is 1.76. The van der Waals surface area contributed by atoms with Crippen molar-refractivity contribution in [3.63, 3.8) is 0 Å². The molecule has 0 saturated carbocycles. The first-order chi connectivity index (χ1) is 9.97. The minimum absolute atomic E-state index is 0.235. The Morgan fingerprint density at radius 3 is 2.76 bits per heavy atom. The van der Waals surface area contributed by atoms with Crippen LogP contribution in [0.1, 0.15) is 6.92 Å². The fraction of sp³-hybridized carbons (Fsp3) is 0.154. The van der Waals surface area contributed by atoms with Crippen molar-refractivity contribution in [1.29, 1.82) is 0 Å². The van der Waals surface area contributed by atoms with E-state index in [2.05, 4.69) is 15.3 Å². The SMILES string of the molecule is CC(Sc1cnccn1)C(=O)Nc1c(N)cc(Cl)cc1Cl. The first-order valence-electron chi connectivity index (χ1n) is 5.95. The van der Waals surface area contributed by atoms with Crippen molar-refractivity contribution >= 4 is 52.2 Å². The van der Waals surface area contributed by atoms with Crippen molar-refractivity contribution < 1.29 is 4.79 Å². The maximum Gasteiger partial charge on any atom is 0.237 e. The third-order valence-electron chi connectivity index (χ3n) is 2.54. The Labute approximate surface area is 136 Å². The van der Waals surface area contributed by atoms with Gasteiger partial charge in [0.05, 0.1) is 27.8 Å². The highest BCUT2D eigenvalue weighted by molar-refractivity contribution is 8.00. The van der Waals surface area contributed by atoms with E-state index >= 15 is 0 Å². The number of nitrogens with two attached hydrogens (primary N) is 1. The van der Waals surface area contributed by atoms with Crippen molar-refractivity contribution in [2.75, 3.05) is 11.1 Å². The minimum atomic E-state index is -0.382. The molecule has 2 aromatic rings. The summed E-state index contributed by atoms with van der Waals surface area (Å²) in [7, 11) is 0. The highest BCUT2D eigenvalue weighted by Crippen LogP contribution is 2.32. The maximum absolute atomic E-state index is 12.2. The van der Waals surface area contributed by atoms with Gasteiger partial charge in [-0.3, -0.25) is 9.78 Å². The molecule has 110 valence electrons. The molecule has 1 atom stereocenters. The lowest BCUT2D eigenvalue weighted by atomic mass is 10.2. The molecule has 0 fully saturated rings. The van der Waals surface area contributed by atoms with Crippen LogP contribution in [0.15, 0.2) is 35.7 Å². The van der Waals surface area contributed by atoms with Gasteiger partial charge < -0.3 is 11.1 Å². The number of aromatic nitrogens is 2. The molecule has 0 saturated heterocycles. The average Bonchev–Trinajstić information content (AvgIpc) is 2.43. The summed E-state index contributed by atoms with van der Waals surface area (Å²) in [5.74, 6) is -0.235.